The van der Waals surface area contributed by atoms with Gasteiger partial charge in [-0.05, 0) is 30.4 Å². The van der Waals surface area contributed by atoms with Gasteiger partial charge in [0.05, 0.1) is 0 Å². The third-order valence-electron chi connectivity index (χ3n) is 2.71. The van der Waals surface area contributed by atoms with E-state index >= 15 is 0 Å². The fourth-order valence-electron chi connectivity index (χ4n) is 1.60. The SMILES string of the molecule is CC(C)Cc1ccc(C(C)(O)C(F)(F)F)cc1. The van der Waals surface area contributed by atoms with E-state index in [1.165, 1.54) is 12.1 Å². The molecule has 0 aliphatic heterocycles. The quantitative estimate of drug-likeness (QED) is 0.863. The maximum atomic E-state index is 12.6. The van der Waals surface area contributed by atoms with E-state index in [-0.39, 0.29) is 5.56 Å². The Kier molecular flexibility index (Phi) is 3.87. The van der Waals surface area contributed by atoms with Crippen molar-refractivity contribution in [1.82, 2.24) is 0 Å². The van der Waals surface area contributed by atoms with Crippen molar-refractivity contribution in [3.05, 3.63) is 35.4 Å². The van der Waals surface area contributed by atoms with Gasteiger partial charge < -0.3 is 5.11 Å². The Labute approximate surface area is 99.3 Å². The Balaban J connectivity index is 2.95. The van der Waals surface area contributed by atoms with Crippen LogP contribution in [-0.2, 0) is 12.0 Å². The summed E-state index contributed by atoms with van der Waals surface area (Å²) in [4.78, 5) is 0. The van der Waals surface area contributed by atoms with Crippen LogP contribution in [0.4, 0.5) is 13.2 Å². The minimum absolute atomic E-state index is 0.127. The van der Waals surface area contributed by atoms with E-state index in [2.05, 4.69) is 0 Å². The molecule has 1 unspecified atom stereocenters. The van der Waals surface area contributed by atoms with Crippen LogP contribution in [0.2, 0.25) is 0 Å². The van der Waals surface area contributed by atoms with E-state index in [9.17, 15) is 18.3 Å². The minimum atomic E-state index is -4.66. The molecule has 1 aromatic carbocycles. The van der Waals surface area contributed by atoms with Crippen LogP contribution in [0, 0.1) is 5.92 Å². The molecule has 0 aliphatic rings. The highest BCUT2D eigenvalue weighted by molar-refractivity contribution is 5.28. The highest BCUT2D eigenvalue weighted by Gasteiger charge is 2.50. The molecule has 0 aromatic heterocycles. The standard InChI is InChI=1S/C13H17F3O/c1-9(2)8-10-4-6-11(7-5-10)12(3,17)13(14,15)16/h4-7,9,17H,8H2,1-3H3. The molecule has 1 rings (SSSR count). The first-order chi connectivity index (χ1) is 7.64. The van der Waals surface area contributed by atoms with Gasteiger partial charge >= 0.3 is 6.18 Å². The summed E-state index contributed by atoms with van der Waals surface area (Å²) in [7, 11) is 0. The summed E-state index contributed by atoms with van der Waals surface area (Å²) in [6, 6.07) is 5.95. The van der Waals surface area contributed by atoms with E-state index in [0.717, 1.165) is 18.9 Å². The van der Waals surface area contributed by atoms with Crippen molar-refractivity contribution in [2.45, 2.75) is 39.0 Å². The minimum Gasteiger partial charge on any atom is -0.376 e. The van der Waals surface area contributed by atoms with Crippen LogP contribution in [0.15, 0.2) is 24.3 Å². The van der Waals surface area contributed by atoms with Gasteiger partial charge in [-0.2, -0.15) is 13.2 Å². The molecule has 0 heterocycles. The summed E-state index contributed by atoms with van der Waals surface area (Å²) in [5, 5.41) is 9.47. The van der Waals surface area contributed by atoms with E-state index in [0.29, 0.717) is 5.92 Å². The van der Waals surface area contributed by atoms with E-state index in [1.807, 2.05) is 13.8 Å². The van der Waals surface area contributed by atoms with Crippen LogP contribution in [0.3, 0.4) is 0 Å². The van der Waals surface area contributed by atoms with Crippen molar-refractivity contribution in [1.29, 1.82) is 0 Å². The van der Waals surface area contributed by atoms with Gasteiger partial charge in [0.15, 0.2) is 5.60 Å². The van der Waals surface area contributed by atoms with Crippen LogP contribution in [0.25, 0.3) is 0 Å². The lowest BCUT2D eigenvalue weighted by Crippen LogP contribution is -2.39. The zero-order valence-corrected chi connectivity index (χ0v) is 10.2. The molecule has 0 aliphatic carbocycles. The van der Waals surface area contributed by atoms with Crippen molar-refractivity contribution < 1.29 is 18.3 Å². The highest BCUT2D eigenvalue weighted by Crippen LogP contribution is 2.38. The molecule has 0 fully saturated rings. The molecule has 1 aromatic rings. The summed E-state index contributed by atoms with van der Waals surface area (Å²) < 4.78 is 37.7. The number of hydrogen-bond acceptors (Lipinski definition) is 1. The Bertz CT molecular complexity index is 363. The second-order valence-corrected chi connectivity index (χ2v) is 4.86. The first kappa shape index (κ1) is 14.0. The summed E-state index contributed by atoms with van der Waals surface area (Å²) in [6.45, 7) is 4.85. The number of halogens is 3. The smallest absolute Gasteiger partial charge is 0.376 e. The lowest BCUT2D eigenvalue weighted by Gasteiger charge is -2.26. The second kappa shape index (κ2) is 4.69. The number of alkyl halides is 3. The number of benzene rings is 1. The summed E-state index contributed by atoms with van der Waals surface area (Å²) in [5.41, 5.74) is -1.94. The van der Waals surface area contributed by atoms with Gasteiger partial charge in [-0.3, -0.25) is 0 Å². The fourth-order valence-corrected chi connectivity index (χ4v) is 1.60. The molecule has 0 spiro atoms. The largest absolute Gasteiger partial charge is 0.421 e. The lowest BCUT2D eigenvalue weighted by molar-refractivity contribution is -0.258. The van der Waals surface area contributed by atoms with Crippen LogP contribution in [-0.4, -0.2) is 11.3 Å². The average Bonchev–Trinajstić information content (AvgIpc) is 2.15. The number of rotatable bonds is 3. The molecule has 0 amide bonds. The Morgan fingerprint density at radius 1 is 1.12 bits per heavy atom. The first-order valence-electron chi connectivity index (χ1n) is 5.53. The zero-order valence-electron chi connectivity index (χ0n) is 10.2. The zero-order chi connectivity index (χ0) is 13.3. The number of hydrogen-bond donors (Lipinski definition) is 1. The van der Waals surface area contributed by atoms with E-state index in [4.69, 9.17) is 0 Å². The molecule has 1 nitrogen and oxygen atoms in total. The van der Waals surface area contributed by atoms with Crippen LogP contribution >= 0.6 is 0 Å². The molecular formula is C13H17F3O. The molecule has 0 bridgehead atoms. The lowest BCUT2D eigenvalue weighted by atomic mass is 9.93. The van der Waals surface area contributed by atoms with Gasteiger partial charge in [0.2, 0.25) is 0 Å². The third-order valence-corrected chi connectivity index (χ3v) is 2.71. The summed E-state index contributed by atoms with van der Waals surface area (Å²) in [6.07, 6.45) is -3.85. The molecule has 96 valence electrons. The third kappa shape index (κ3) is 3.22. The normalized spacial score (nSPS) is 16.0. The van der Waals surface area contributed by atoms with E-state index in [1.54, 1.807) is 12.1 Å². The van der Waals surface area contributed by atoms with Crippen molar-refractivity contribution in [3.8, 4) is 0 Å². The maximum absolute atomic E-state index is 12.6. The number of aliphatic hydroxyl groups is 1. The first-order valence-corrected chi connectivity index (χ1v) is 5.53. The second-order valence-electron chi connectivity index (χ2n) is 4.86. The van der Waals surface area contributed by atoms with Crippen LogP contribution < -0.4 is 0 Å². The topological polar surface area (TPSA) is 20.2 Å². The van der Waals surface area contributed by atoms with Gasteiger partial charge in [-0.25, -0.2) is 0 Å². The molecular weight excluding hydrogens is 229 g/mol. The van der Waals surface area contributed by atoms with Crippen LogP contribution in [0.5, 0.6) is 0 Å². The highest BCUT2D eigenvalue weighted by atomic mass is 19.4. The Morgan fingerprint density at radius 3 is 1.94 bits per heavy atom. The van der Waals surface area contributed by atoms with E-state index < -0.39 is 11.8 Å². The summed E-state index contributed by atoms with van der Waals surface area (Å²) in [5.74, 6) is 0.448. The molecule has 1 atom stereocenters. The molecule has 17 heavy (non-hydrogen) atoms. The van der Waals surface area contributed by atoms with Gasteiger partial charge in [-0.15, -0.1) is 0 Å². The fraction of sp³-hybridized carbons (Fsp3) is 0.538. The molecule has 0 saturated heterocycles. The molecule has 4 heteroatoms. The van der Waals surface area contributed by atoms with Crippen molar-refractivity contribution in [3.63, 3.8) is 0 Å². The predicted molar refractivity (Wildman–Crippen MR) is 60.6 cm³/mol. The summed E-state index contributed by atoms with van der Waals surface area (Å²) >= 11 is 0. The Morgan fingerprint density at radius 2 is 1.59 bits per heavy atom. The predicted octanol–water partition coefficient (Wildman–Crippen LogP) is 3.65. The van der Waals surface area contributed by atoms with Crippen LogP contribution in [0.1, 0.15) is 31.9 Å². The van der Waals surface area contributed by atoms with Crippen molar-refractivity contribution >= 4 is 0 Å². The van der Waals surface area contributed by atoms with Crippen molar-refractivity contribution in [2.24, 2.45) is 5.92 Å². The van der Waals surface area contributed by atoms with Gasteiger partial charge in [0.25, 0.3) is 0 Å². The maximum Gasteiger partial charge on any atom is 0.421 e. The molecule has 0 radical (unpaired) electrons. The molecule has 1 N–H and O–H groups in total. The average molecular weight is 246 g/mol. The van der Waals surface area contributed by atoms with Crippen molar-refractivity contribution in [2.75, 3.05) is 0 Å². The van der Waals surface area contributed by atoms with Gasteiger partial charge in [-0.1, -0.05) is 38.1 Å². The van der Waals surface area contributed by atoms with Gasteiger partial charge in [0.1, 0.15) is 0 Å². The molecule has 0 saturated carbocycles. The Hall–Kier alpha value is -1.03. The monoisotopic (exact) mass is 246 g/mol. The van der Waals surface area contributed by atoms with Gasteiger partial charge in [0, 0.05) is 0 Å².